The van der Waals surface area contributed by atoms with Gasteiger partial charge in [0.1, 0.15) is 12.1 Å². The number of H-pyrrole nitrogens is 1. The van der Waals surface area contributed by atoms with Gasteiger partial charge in [-0.1, -0.05) is 41.0 Å². The molecule has 1 aromatic heterocycles. The van der Waals surface area contributed by atoms with Crippen LogP contribution < -0.4 is 33.0 Å². The van der Waals surface area contributed by atoms with Gasteiger partial charge in [0.15, 0.2) is 0 Å². The molecule has 0 radical (unpaired) electrons. The third-order valence-electron chi connectivity index (χ3n) is 6.06. The van der Waals surface area contributed by atoms with E-state index in [0.717, 1.165) is 12.8 Å². The molecule has 0 aliphatic carbocycles. The van der Waals surface area contributed by atoms with Crippen LogP contribution in [-0.4, -0.2) is 70.0 Å². The van der Waals surface area contributed by atoms with Crippen molar-refractivity contribution in [3.8, 4) is 0 Å². The lowest BCUT2D eigenvalue weighted by molar-refractivity contribution is -0.140. The zero-order valence-corrected chi connectivity index (χ0v) is 23.7. The molecule has 0 bridgehead atoms. The molecule has 1 rings (SSSR count). The second-order valence-corrected chi connectivity index (χ2v) is 10.6. The van der Waals surface area contributed by atoms with Crippen molar-refractivity contribution in [3.63, 3.8) is 0 Å². The van der Waals surface area contributed by atoms with Gasteiger partial charge in [0, 0.05) is 18.3 Å². The first-order valence-electron chi connectivity index (χ1n) is 13.5. The number of aromatic nitrogens is 2. The smallest absolute Gasteiger partial charge is 0.243 e. The van der Waals surface area contributed by atoms with E-state index in [1.54, 1.807) is 0 Å². The lowest BCUT2D eigenvalue weighted by atomic mass is 9.93. The van der Waals surface area contributed by atoms with Gasteiger partial charge in [-0.3, -0.25) is 29.8 Å². The van der Waals surface area contributed by atoms with Crippen LogP contribution in [0.3, 0.4) is 0 Å². The van der Waals surface area contributed by atoms with Gasteiger partial charge in [-0.05, 0) is 37.6 Å². The molecular formula is C26H46N8O5. The van der Waals surface area contributed by atoms with Crippen molar-refractivity contribution < 1.29 is 24.0 Å². The van der Waals surface area contributed by atoms with Crippen molar-refractivity contribution in [2.75, 3.05) is 6.54 Å². The first-order chi connectivity index (χ1) is 18.4. The highest BCUT2D eigenvalue weighted by molar-refractivity contribution is 6.41. The highest BCUT2D eigenvalue weighted by Gasteiger charge is 2.35. The molecule has 13 heteroatoms. The second kappa shape index (κ2) is 17.4. The third-order valence-corrected chi connectivity index (χ3v) is 6.06. The Bertz CT molecular complexity index is 935. The van der Waals surface area contributed by atoms with E-state index in [2.05, 4.69) is 31.3 Å². The summed E-state index contributed by atoms with van der Waals surface area (Å²) in [5.74, 6) is 2.07. The lowest BCUT2D eigenvalue weighted by Gasteiger charge is -2.25. The molecule has 0 spiro atoms. The molecule has 1 unspecified atom stereocenters. The Balaban J connectivity index is 3.18. The summed E-state index contributed by atoms with van der Waals surface area (Å²) in [5, 5.41) is 8.23. The molecule has 9 N–H and O–H groups in total. The van der Waals surface area contributed by atoms with Crippen molar-refractivity contribution in [1.82, 2.24) is 31.3 Å². The van der Waals surface area contributed by atoms with E-state index in [1.807, 2.05) is 34.6 Å². The number of Topliss-reactive ketones (excluding diaryl/α,β-unsaturated/α-hetero) is 2. The van der Waals surface area contributed by atoms with Gasteiger partial charge in [-0.25, -0.2) is 10.4 Å². The van der Waals surface area contributed by atoms with Crippen molar-refractivity contribution in [2.24, 2.45) is 23.4 Å². The summed E-state index contributed by atoms with van der Waals surface area (Å²) in [6.45, 7) is 10.3. The number of carbonyl (C=O) groups is 5. The molecule has 0 fully saturated rings. The van der Waals surface area contributed by atoms with E-state index in [-0.39, 0.29) is 18.3 Å². The lowest BCUT2D eigenvalue weighted by Crippen LogP contribution is -2.58. The number of ketones is 2. The summed E-state index contributed by atoms with van der Waals surface area (Å²) in [4.78, 5) is 71.4. The number of nitrogens with one attached hydrogen (secondary N) is 5. The first kappa shape index (κ1) is 33.9. The minimum absolute atomic E-state index is 0.0444. The quantitative estimate of drug-likeness (QED) is 0.0487. The number of rotatable bonds is 20. The van der Waals surface area contributed by atoms with E-state index in [1.165, 1.54) is 12.5 Å². The Kier molecular flexibility index (Phi) is 15.1. The zero-order chi connectivity index (χ0) is 29.5. The molecule has 0 saturated heterocycles. The van der Waals surface area contributed by atoms with E-state index in [9.17, 15) is 24.0 Å². The van der Waals surface area contributed by atoms with Crippen LogP contribution in [-0.2, 0) is 30.4 Å². The number of imidazole rings is 1. The second-order valence-electron chi connectivity index (χ2n) is 10.6. The van der Waals surface area contributed by atoms with Crippen molar-refractivity contribution >= 4 is 29.3 Å². The fourth-order valence-corrected chi connectivity index (χ4v) is 4.05. The maximum absolute atomic E-state index is 13.5. The molecule has 0 aliphatic heterocycles. The Hall–Kier alpha value is -3.16. The Morgan fingerprint density at radius 1 is 0.897 bits per heavy atom. The number of hydrazine groups is 1. The van der Waals surface area contributed by atoms with E-state index in [4.69, 9.17) is 11.6 Å². The number of amides is 3. The van der Waals surface area contributed by atoms with Gasteiger partial charge in [0.2, 0.25) is 29.3 Å². The predicted molar refractivity (Wildman–Crippen MR) is 147 cm³/mol. The van der Waals surface area contributed by atoms with Crippen LogP contribution in [0.4, 0.5) is 0 Å². The summed E-state index contributed by atoms with van der Waals surface area (Å²) in [6, 6.07) is -4.17. The number of aromatic amines is 1. The monoisotopic (exact) mass is 550 g/mol. The van der Waals surface area contributed by atoms with Gasteiger partial charge in [-0.2, -0.15) is 0 Å². The Morgan fingerprint density at radius 3 is 1.97 bits per heavy atom. The number of carbonyl (C=O) groups excluding carboxylic acids is 5. The van der Waals surface area contributed by atoms with Crippen LogP contribution in [0.1, 0.15) is 72.4 Å². The summed E-state index contributed by atoms with van der Waals surface area (Å²) in [6.07, 6.45) is 4.93. The van der Waals surface area contributed by atoms with Gasteiger partial charge < -0.3 is 26.7 Å². The average molecular weight is 551 g/mol. The molecule has 1 aromatic rings. The third kappa shape index (κ3) is 12.5. The molecule has 0 saturated carbocycles. The summed E-state index contributed by atoms with van der Waals surface area (Å²) in [5.41, 5.74) is 8.26. The van der Waals surface area contributed by atoms with Gasteiger partial charge in [-0.15, -0.1) is 0 Å². The summed E-state index contributed by atoms with van der Waals surface area (Å²) >= 11 is 0. The van der Waals surface area contributed by atoms with E-state index in [0.29, 0.717) is 25.1 Å². The number of primary amides is 1. The number of hydrogen-bond acceptors (Lipinski definition) is 9. The zero-order valence-electron chi connectivity index (χ0n) is 23.7. The van der Waals surface area contributed by atoms with Crippen LogP contribution in [0.5, 0.6) is 0 Å². The predicted octanol–water partition coefficient (Wildman–Crippen LogP) is -0.382. The molecule has 220 valence electrons. The van der Waals surface area contributed by atoms with Gasteiger partial charge in [0.25, 0.3) is 0 Å². The minimum atomic E-state index is -1.38. The van der Waals surface area contributed by atoms with E-state index >= 15 is 0 Å². The Morgan fingerprint density at radius 2 is 1.46 bits per heavy atom. The summed E-state index contributed by atoms with van der Waals surface area (Å²) < 4.78 is 0. The normalized spacial score (nSPS) is 14.5. The SMILES string of the molecule is CCCCN[C@@H](CC(C)C)C(=O)C(=O)[C@H](Cc1cnc[nH]1)NC(=O)C(CC(N)=O)NC(=O)[C@H](CC(C)C)NN. The number of unbranched alkanes of at least 4 members (excludes halogenated alkanes) is 1. The summed E-state index contributed by atoms with van der Waals surface area (Å²) in [7, 11) is 0. The molecule has 13 nitrogen and oxygen atoms in total. The van der Waals surface area contributed by atoms with Gasteiger partial charge in [0.05, 0.1) is 24.8 Å². The first-order valence-corrected chi connectivity index (χ1v) is 13.5. The van der Waals surface area contributed by atoms with Crippen LogP contribution in [0.2, 0.25) is 0 Å². The fourth-order valence-electron chi connectivity index (χ4n) is 4.05. The van der Waals surface area contributed by atoms with Gasteiger partial charge >= 0.3 is 0 Å². The van der Waals surface area contributed by atoms with Crippen molar-refractivity contribution in [1.29, 1.82) is 0 Å². The molecule has 1 heterocycles. The Labute approximate surface area is 230 Å². The maximum atomic E-state index is 13.5. The molecule has 3 amide bonds. The topological polar surface area (TPSA) is 214 Å². The largest absolute Gasteiger partial charge is 0.370 e. The standard InChI is InChI=1S/C26H46N8O5/c1-6-7-8-30-18(9-15(2)3)23(36)24(37)19(11-17-13-29-14-31-17)32-25(38)20(12-22(27)35)33-26(39)21(34-28)10-16(4)5/h13-16,18-21,30,34H,6-12,28H2,1-5H3,(H2,27,35)(H,29,31)(H,32,38)(H,33,39)/t18-,19-,20?,21-/m0/s1. The van der Waals surface area contributed by atoms with E-state index < -0.39 is 59.9 Å². The van der Waals surface area contributed by atoms with Crippen molar-refractivity contribution in [3.05, 3.63) is 18.2 Å². The fraction of sp³-hybridized carbons (Fsp3) is 0.692. The molecular weight excluding hydrogens is 504 g/mol. The van der Waals surface area contributed by atoms with Crippen LogP contribution >= 0.6 is 0 Å². The highest BCUT2D eigenvalue weighted by atomic mass is 16.2. The molecule has 4 atom stereocenters. The highest BCUT2D eigenvalue weighted by Crippen LogP contribution is 2.11. The minimum Gasteiger partial charge on any atom is -0.370 e. The average Bonchev–Trinajstić information content (AvgIpc) is 3.37. The number of hydrogen-bond donors (Lipinski definition) is 7. The van der Waals surface area contributed by atoms with Crippen LogP contribution in [0.15, 0.2) is 12.5 Å². The molecule has 0 aromatic carbocycles. The van der Waals surface area contributed by atoms with Crippen LogP contribution in [0.25, 0.3) is 0 Å². The van der Waals surface area contributed by atoms with Crippen molar-refractivity contribution in [2.45, 2.75) is 97.3 Å². The molecule has 39 heavy (non-hydrogen) atoms. The maximum Gasteiger partial charge on any atom is 0.243 e. The van der Waals surface area contributed by atoms with Crippen LogP contribution in [0, 0.1) is 11.8 Å². The number of nitrogens with zero attached hydrogens (tertiary/aromatic N) is 1. The molecule has 0 aliphatic rings. The number of nitrogens with two attached hydrogens (primary N) is 2.